The predicted octanol–water partition coefficient (Wildman–Crippen LogP) is 1.45. The lowest BCUT2D eigenvalue weighted by molar-refractivity contribution is -0.384. The normalized spacial score (nSPS) is 16.4. The summed E-state index contributed by atoms with van der Waals surface area (Å²) in [6.07, 6.45) is 5.03. The molecule has 2 aromatic rings. The van der Waals surface area contributed by atoms with Gasteiger partial charge in [0.25, 0.3) is 5.69 Å². The summed E-state index contributed by atoms with van der Waals surface area (Å²) in [6.45, 7) is 0. The average Bonchev–Trinajstić information content (AvgIpc) is 2.78. The third kappa shape index (κ3) is 2.55. The zero-order valence-electron chi connectivity index (χ0n) is 11.8. The molecule has 7 heteroatoms. The second kappa shape index (κ2) is 5.31. The monoisotopic (exact) mass is 282 g/mol. The highest BCUT2D eigenvalue weighted by Crippen LogP contribution is 2.42. The molecule has 0 bridgehead atoms. The van der Waals surface area contributed by atoms with Crippen LogP contribution < -0.4 is 5.46 Å². The number of rotatable bonds is 4. The Morgan fingerprint density at radius 2 is 2.19 bits per heavy atom. The molecular formula is C14H15BN4O2. The lowest BCUT2D eigenvalue weighted by Crippen LogP contribution is -2.25. The van der Waals surface area contributed by atoms with Crippen molar-refractivity contribution in [1.82, 2.24) is 14.8 Å². The van der Waals surface area contributed by atoms with Crippen LogP contribution >= 0.6 is 0 Å². The molecule has 1 aliphatic rings. The Bertz CT molecular complexity index is 681. The molecule has 106 valence electrons. The van der Waals surface area contributed by atoms with Crippen molar-refractivity contribution in [1.29, 1.82) is 0 Å². The third-order valence-corrected chi connectivity index (χ3v) is 4.18. The van der Waals surface area contributed by atoms with Gasteiger partial charge in [0, 0.05) is 25.1 Å². The summed E-state index contributed by atoms with van der Waals surface area (Å²) in [4.78, 5) is 10.6. The molecule has 2 radical (unpaired) electrons. The van der Waals surface area contributed by atoms with Crippen molar-refractivity contribution in [2.24, 2.45) is 13.0 Å². The van der Waals surface area contributed by atoms with E-state index in [-0.39, 0.29) is 11.6 Å². The molecule has 1 atom stereocenters. The van der Waals surface area contributed by atoms with Gasteiger partial charge in [-0.05, 0) is 24.3 Å². The fourth-order valence-electron chi connectivity index (χ4n) is 2.92. The first-order chi connectivity index (χ1) is 10.1. The van der Waals surface area contributed by atoms with E-state index < -0.39 is 4.92 Å². The third-order valence-electron chi connectivity index (χ3n) is 4.18. The van der Waals surface area contributed by atoms with Gasteiger partial charge in [-0.25, -0.2) is 0 Å². The Morgan fingerprint density at radius 3 is 2.71 bits per heavy atom. The van der Waals surface area contributed by atoms with Crippen LogP contribution in [-0.4, -0.2) is 27.5 Å². The second-order valence-corrected chi connectivity index (χ2v) is 5.58. The molecule has 0 saturated heterocycles. The van der Waals surface area contributed by atoms with Gasteiger partial charge in [0.1, 0.15) is 20.0 Å². The summed E-state index contributed by atoms with van der Waals surface area (Å²) < 4.78 is 1.87. The highest BCUT2D eigenvalue weighted by atomic mass is 16.6. The standard InChI is InChI=1S/C14H15BN4O2/c1-18-8-16-17-14(18)13(9-3-2-4-9)10-5-11(15)7-12(6-10)19(20)21/h5-9,13H,2-4H2,1H3. The molecule has 1 aromatic heterocycles. The highest BCUT2D eigenvalue weighted by Gasteiger charge is 2.33. The minimum absolute atomic E-state index is 0.00782. The van der Waals surface area contributed by atoms with Crippen LogP contribution in [0.5, 0.6) is 0 Å². The van der Waals surface area contributed by atoms with Gasteiger partial charge in [-0.15, -0.1) is 10.2 Å². The number of benzene rings is 1. The van der Waals surface area contributed by atoms with Crippen LogP contribution in [0.25, 0.3) is 0 Å². The lowest BCUT2D eigenvalue weighted by atomic mass is 9.72. The molecule has 1 heterocycles. The van der Waals surface area contributed by atoms with Gasteiger partial charge >= 0.3 is 0 Å². The SMILES string of the molecule is [B]c1cc(C(c2nncn2C)C2CCC2)cc([N+](=O)[O-])c1. The van der Waals surface area contributed by atoms with Gasteiger partial charge in [-0.1, -0.05) is 17.9 Å². The van der Waals surface area contributed by atoms with Gasteiger partial charge in [0.2, 0.25) is 0 Å². The zero-order chi connectivity index (χ0) is 15.0. The van der Waals surface area contributed by atoms with Gasteiger partial charge in [-0.2, -0.15) is 0 Å². The number of hydrogen-bond acceptors (Lipinski definition) is 4. The number of aryl methyl sites for hydroxylation is 1. The van der Waals surface area contributed by atoms with E-state index in [9.17, 15) is 10.1 Å². The van der Waals surface area contributed by atoms with Crippen LogP contribution in [0.3, 0.4) is 0 Å². The van der Waals surface area contributed by atoms with Gasteiger partial charge < -0.3 is 4.57 Å². The van der Waals surface area contributed by atoms with Crippen molar-refractivity contribution in [3.8, 4) is 0 Å². The van der Waals surface area contributed by atoms with Crippen molar-refractivity contribution < 1.29 is 4.92 Å². The number of nitro groups is 1. The van der Waals surface area contributed by atoms with Crippen LogP contribution in [-0.2, 0) is 7.05 Å². The molecule has 1 fully saturated rings. The predicted molar refractivity (Wildman–Crippen MR) is 78.7 cm³/mol. The van der Waals surface area contributed by atoms with Crippen molar-refractivity contribution >= 4 is 19.0 Å². The van der Waals surface area contributed by atoms with Crippen molar-refractivity contribution in [2.45, 2.75) is 25.2 Å². The molecular weight excluding hydrogens is 267 g/mol. The smallest absolute Gasteiger partial charge is 0.269 e. The van der Waals surface area contributed by atoms with E-state index in [0.29, 0.717) is 11.4 Å². The topological polar surface area (TPSA) is 73.8 Å². The van der Waals surface area contributed by atoms with Crippen LogP contribution in [0, 0.1) is 16.0 Å². The summed E-state index contributed by atoms with van der Waals surface area (Å²) in [5.41, 5.74) is 1.28. The number of nitro benzene ring substituents is 1. The summed E-state index contributed by atoms with van der Waals surface area (Å²) in [6, 6.07) is 4.80. The first kappa shape index (κ1) is 13.8. The van der Waals surface area contributed by atoms with Crippen LogP contribution in [0.2, 0.25) is 0 Å². The van der Waals surface area contributed by atoms with Crippen molar-refractivity contribution in [3.63, 3.8) is 0 Å². The fraction of sp³-hybridized carbons (Fsp3) is 0.429. The first-order valence-electron chi connectivity index (χ1n) is 6.95. The summed E-state index contributed by atoms with van der Waals surface area (Å²) in [5.74, 6) is 1.28. The molecule has 1 aliphatic carbocycles. The number of nitrogens with zero attached hydrogens (tertiary/aromatic N) is 4. The molecule has 0 spiro atoms. The molecule has 6 nitrogen and oxygen atoms in total. The fourth-order valence-corrected chi connectivity index (χ4v) is 2.92. The Kier molecular flexibility index (Phi) is 3.49. The van der Waals surface area contributed by atoms with Crippen LogP contribution in [0.1, 0.15) is 36.6 Å². The Morgan fingerprint density at radius 1 is 1.43 bits per heavy atom. The van der Waals surface area contributed by atoms with Crippen LogP contribution in [0.15, 0.2) is 24.5 Å². The van der Waals surface area contributed by atoms with Crippen LogP contribution in [0.4, 0.5) is 5.69 Å². The van der Waals surface area contributed by atoms with Gasteiger partial charge in [0.15, 0.2) is 0 Å². The Hall–Kier alpha value is -2.18. The van der Waals surface area contributed by atoms with E-state index in [0.717, 1.165) is 24.2 Å². The van der Waals surface area contributed by atoms with Crippen molar-refractivity contribution in [3.05, 3.63) is 46.0 Å². The van der Waals surface area contributed by atoms with Gasteiger partial charge in [0.05, 0.1) is 4.92 Å². The zero-order valence-corrected chi connectivity index (χ0v) is 11.8. The average molecular weight is 282 g/mol. The molecule has 1 unspecified atom stereocenters. The number of hydrogen-bond donors (Lipinski definition) is 0. The molecule has 0 aliphatic heterocycles. The maximum absolute atomic E-state index is 11.1. The Labute approximate surface area is 123 Å². The van der Waals surface area contributed by atoms with E-state index in [1.54, 1.807) is 12.4 Å². The number of aromatic nitrogens is 3. The van der Waals surface area contributed by atoms with Gasteiger partial charge in [-0.3, -0.25) is 10.1 Å². The molecule has 0 N–H and O–H groups in total. The first-order valence-corrected chi connectivity index (χ1v) is 6.95. The summed E-state index contributed by atoms with van der Waals surface area (Å²) in [5, 5.41) is 19.2. The minimum Gasteiger partial charge on any atom is -0.320 e. The Balaban J connectivity index is 2.08. The quantitative estimate of drug-likeness (QED) is 0.483. The highest BCUT2D eigenvalue weighted by molar-refractivity contribution is 6.32. The minimum atomic E-state index is -0.408. The molecule has 21 heavy (non-hydrogen) atoms. The van der Waals surface area contributed by atoms with E-state index in [1.807, 2.05) is 17.7 Å². The molecule has 3 rings (SSSR count). The molecule has 0 amide bonds. The van der Waals surface area contributed by atoms with E-state index in [1.165, 1.54) is 12.5 Å². The summed E-state index contributed by atoms with van der Waals surface area (Å²) >= 11 is 0. The van der Waals surface area contributed by atoms with E-state index in [4.69, 9.17) is 7.85 Å². The lowest BCUT2D eigenvalue weighted by Gasteiger charge is -2.33. The largest absolute Gasteiger partial charge is 0.320 e. The maximum atomic E-state index is 11.1. The van der Waals surface area contributed by atoms with E-state index >= 15 is 0 Å². The molecule has 1 aromatic carbocycles. The maximum Gasteiger partial charge on any atom is 0.269 e. The van der Waals surface area contributed by atoms with Crippen molar-refractivity contribution in [2.75, 3.05) is 0 Å². The number of non-ortho nitro benzene ring substituents is 1. The molecule has 1 saturated carbocycles. The summed E-state index contributed by atoms with van der Waals surface area (Å²) in [7, 11) is 7.73. The van der Waals surface area contributed by atoms with E-state index in [2.05, 4.69) is 10.2 Å². The second-order valence-electron chi connectivity index (χ2n) is 5.58.